The van der Waals surface area contributed by atoms with E-state index in [1.165, 1.54) is 6.08 Å². The van der Waals surface area contributed by atoms with Gasteiger partial charge in [0.25, 0.3) is 0 Å². The number of benzene rings is 1. The predicted octanol–water partition coefficient (Wildman–Crippen LogP) is 3.47. The highest BCUT2D eigenvalue weighted by atomic mass is 35.5. The van der Waals surface area contributed by atoms with Crippen LogP contribution in [-0.2, 0) is 9.59 Å². The van der Waals surface area contributed by atoms with Crippen LogP contribution in [0, 0.1) is 0 Å². The van der Waals surface area contributed by atoms with Gasteiger partial charge in [-0.25, -0.2) is 0 Å². The maximum Gasteiger partial charge on any atom is 0.305 e. The van der Waals surface area contributed by atoms with Gasteiger partial charge in [-0.05, 0) is 36.6 Å². The molecule has 21 heavy (non-hydrogen) atoms. The van der Waals surface area contributed by atoms with Gasteiger partial charge in [-0.1, -0.05) is 29.3 Å². The third-order valence-corrected chi connectivity index (χ3v) is 4.00. The second kappa shape index (κ2) is 6.96. The normalized spacial score (nSPS) is 18.4. The smallest absolute Gasteiger partial charge is 0.305 e. The molecule has 112 valence electrons. The molecule has 1 amide bonds. The van der Waals surface area contributed by atoms with Crippen molar-refractivity contribution in [2.24, 2.45) is 0 Å². The maximum absolute atomic E-state index is 12.2. The van der Waals surface area contributed by atoms with Gasteiger partial charge in [0.1, 0.15) is 0 Å². The van der Waals surface area contributed by atoms with E-state index in [1.54, 1.807) is 29.2 Å². The molecule has 0 radical (unpaired) electrons. The zero-order chi connectivity index (χ0) is 15.4. The summed E-state index contributed by atoms with van der Waals surface area (Å²) in [5, 5.41) is 9.86. The molecule has 4 nitrogen and oxygen atoms in total. The molecule has 1 heterocycles. The number of nitrogens with zero attached hydrogens (tertiary/aromatic N) is 1. The highest BCUT2D eigenvalue weighted by Crippen LogP contribution is 2.23. The number of hydrogen-bond donors (Lipinski definition) is 1. The molecule has 0 bridgehead atoms. The fourth-order valence-corrected chi connectivity index (χ4v) is 2.90. The summed E-state index contributed by atoms with van der Waals surface area (Å²) in [6, 6.07) is 4.81. The Morgan fingerprint density at radius 3 is 2.81 bits per heavy atom. The van der Waals surface area contributed by atoms with Crippen LogP contribution in [0.15, 0.2) is 24.3 Å². The number of hydrogen-bond acceptors (Lipinski definition) is 2. The van der Waals surface area contributed by atoms with E-state index in [4.69, 9.17) is 28.3 Å². The van der Waals surface area contributed by atoms with Gasteiger partial charge in [0.05, 0.1) is 6.42 Å². The van der Waals surface area contributed by atoms with E-state index in [-0.39, 0.29) is 18.4 Å². The van der Waals surface area contributed by atoms with Crippen molar-refractivity contribution in [2.75, 3.05) is 6.54 Å². The van der Waals surface area contributed by atoms with E-state index in [0.29, 0.717) is 22.2 Å². The van der Waals surface area contributed by atoms with E-state index < -0.39 is 5.97 Å². The number of likely N-dealkylation sites (tertiary alicyclic amines) is 1. The van der Waals surface area contributed by atoms with Gasteiger partial charge >= 0.3 is 5.97 Å². The van der Waals surface area contributed by atoms with Gasteiger partial charge in [0, 0.05) is 28.7 Å². The second-order valence-electron chi connectivity index (χ2n) is 4.92. The molecule has 2 rings (SSSR count). The molecule has 1 aromatic carbocycles. The molecule has 1 aliphatic rings. The average Bonchev–Trinajstić information content (AvgIpc) is 2.84. The summed E-state index contributed by atoms with van der Waals surface area (Å²) in [5.41, 5.74) is 0.698. The number of carbonyl (C=O) groups is 2. The van der Waals surface area contributed by atoms with Crippen LogP contribution in [0.1, 0.15) is 24.8 Å². The summed E-state index contributed by atoms with van der Waals surface area (Å²) in [4.78, 5) is 24.6. The van der Waals surface area contributed by atoms with E-state index in [1.807, 2.05) is 0 Å². The van der Waals surface area contributed by atoms with Gasteiger partial charge < -0.3 is 10.0 Å². The fraction of sp³-hybridized carbons (Fsp3) is 0.333. The second-order valence-corrected chi connectivity index (χ2v) is 5.77. The van der Waals surface area contributed by atoms with Gasteiger partial charge in [0.15, 0.2) is 0 Å². The number of aliphatic carboxylic acids is 1. The summed E-state index contributed by atoms with van der Waals surface area (Å²) in [6.07, 6.45) is 4.60. The first kappa shape index (κ1) is 15.9. The van der Waals surface area contributed by atoms with Crippen LogP contribution in [0.3, 0.4) is 0 Å². The van der Waals surface area contributed by atoms with Crippen LogP contribution < -0.4 is 0 Å². The molecule has 6 heteroatoms. The summed E-state index contributed by atoms with van der Waals surface area (Å²) in [7, 11) is 0. The zero-order valence-corrected chi connectivity index (χ0v) is 12.8. The van der Waals surface area contributed by atoms with Crippen LogP contribution in [0.25, 0.3) is 6.08 Å². The summed E-state index contributed by atoms with van der Waals surface area (Å²) < 4.78 is 0. The Kier molecular flexibility index (Phi) is 5.26. The van der Waals surface area contributed by atoms with E-state index in [0.717, 1.165) is 12.8 Å². The molecule has 1 N–H and O–H groups in total. The van der Waals surface area contributed by atoms with Crippen molar-refractivity contribution in [2.45, 2.75) is 25.3 Å². The SMILES string of the molecule is O=C(O)CC1CCCN1C(=O)/C=C/c1ccc(Cl)cc1Cl. The van der Waals surface area contributed by atoms with Crippen LogP contribution in [0.2, 0.25) is 10.0 Å². The first-order chi connectivity index (χ1) is 9.97. The molecule has 0 spiro atoms. The van der Waals surface area contributed by atoms with Crippen molar-refractivity contribution in [1.29, 1.82) is 0 Å². The molecular weight excluding hydrogens is 313 g/mol. The minimum Gasteiger partial charge on any atom is -0.481 e. The Morgan fingerprint density at radius 2 is 2.14 bits per heavy atom. The Hall–Kier alpha value is -1.52. The molecule has 1 aliphatic heterocycles. The average molecular weight is 328 g/mol. The lowest BCUT2D eigenvalue weighted by Gasteiger charge is -2.21. The highest BCUT2D eigenvalue weighted by Gasteiger charge is 2.29. The molecular formula is C15H15Cl2NO3. The Bertz CT molecular complexity index is 586. The zero-order valence-electron chi connectivity index (χ0n) is 11.3. The minimum absolute atomic E-state index is 0.0126. The summed E-state index contributed by atoms with van der Waals surface area (Å²) in [5.74, 6) is -1.07. The van der Waals surface area contributed by atoms with Gasteiger partial charge in [0.2, 0.25) is 5.91 Å². The summed E-state index contributed by atoms with van der Waals surface area (Å²) in [6.45, 7) is 0.593. The minimum atomic E-state index is -0.885. The lowest BCUT2D eigenvalue weighted by Crippen LogP contribution is -2.35. The number of amides is 1. The number of halogens is 2. The molecule has 1 unspecified atom stereocenters. The van der Waals surface area contributed by atoms with Crippen LogP contribution in [-0.4, -0.2) is 34.5 Å². The van der Waals surface area contributed by atoms with Gasteiger partial charge in [-0.2, -0.15) is 0 Å². The molecule has 0 saturated carbocycles. The molecule has 1 aromatic rings. The quantitative estimate of drug-likeness (QED) is 0.861. The van der Waals surface area contributed by atoms with E-state index in [9.17, 15) is 9.59 Å². The highest BCUT2D eigenvalue weighted by molar-refractivity contribution is 6.35. The van der Waals surface area contributed by atoms with Crippen LogP contribution in [0.5, 0.6) is 0 Å². The van der Waals surface area contributed by atoms with Crippen molar-refractivity contribution >= 4 is 41.2 Å². The summed E-state index contributed by atoms with van der Waals surface area (Å²) >= 11 is 11.8. The fourth-order valence-electron chi connectivity index (χ4n) is 2.43. The molecule has 1 saturated heterocycles. The van der Waals surface area contributed by atoms with Crippen molar-refractivity contribution in [1.82, 2.24) is 4.90 Å². The largest absolute Gasteiger partial charge is 0.481 e. The molecule has 0 aromatic heterocycles. The standard InChI is InChI=1S/C15H15Cl2NO3/c16-11-5-3-10(13(17)8-11)4-6-14(19)18-7-1-2-12(18)9-15(20)21/h3-6,8,12H,1-2,7,9H2,(H,20,21)/b6-4+. The topological polar surface area (TPSA) is 57.6 Å². The Labute approximate surface area is 133 Å². The molecule has 0 aliphatic carbocycles. The predicted molar refractivity (Wildman–Crippen MR) is 82.5 cm³/mol. The van der Waals surface area contributed by atoms with Crippen LogP contribution in [0.4, 0.5) is 0 Å². The van der Waals surface area contributed by atoms with Crippen LogP contribution >= 0.6 is 23.2 Å². The lowest BCUT2D eigenvalue weighted by atomic mass is 10.1. The lowest BCUT2D eigenvalue weighted by molar-refractivity contribution is -0.139. The first-order valence-corrected chi connectivity index (χ1v) is 7.38. The number of rotatable bonds is 4. The third-order valence-electron chi connectivity index (χ3n) is 3.44. The van der Waals surface area contributed by atoms with Crippen molar-refractivity contribution < 1.29 is 14.7 Å². The van der Waals surface area contributed by atoms with E-state index >= 15 is 0 Å². The van der Waals surface area contributed by atoms with Gasteiger partial charge in [-0.15, -0.1) is 0 Å². The van der Waals surface area contributed by atoms with E-state index in [2.05, 4.69) is 0 Å². The number of carboxylic acid groups (broad SMARTS) is 1. The third kappa shape index (κ3) is 4.22. The number of carbonyl (C=O) groups excluding carboxylic acids is 1. The molecule has 1 atom stereocenters. The van der Waals surface area contributed by atoms with Gasteiger partial charge in [-0.3, -0.25) is 9.59 Å². The number of carboxylic acids is 1. The Morgan fingerprint density at radius 1 is 1.38 bits per heavy atom. The maximum atomic E-state index is 12.2. The monoisotopic (exact) mass is 327 g/mol. The molecule has 1 fully saturated rings. The van der Waals surface area contributed by atoms with Crippen molar-refractivity contribution in [3.8, 4) is 0 Å². The van der Waals surface area contributed by atoms with Crippen molar-refractivity contribution in [3.63, 3.8) is 0 Å². The first-order valence-electron chi connectivity index (χ1n) is 6.63. The van der Waals surface area contributed by atoms with Crippen molar-refractivity contribution in [3.05, 3.63) is 39.9 Å². The Balaban J connectivity index is 2.06.